The van der Waals surface area contributed by atoms with Crippen molar-refractivity contribution in [1.82, 2.24) is 19.8 Å². The van der Waals surface area contributed by atoms with Gasteiger partial charge in [-0.3, -0.25) is 0 Å². The maximum atomic E-state index is 13.0. The Morgan fingerprint density at radius 2 is 1.69 bits per heavy atom. The summed E-state index contributed by atoms with van der Waals surface area (Å²) in [6, 6.07) is 13.6. The van der Waals surface area contributed by atoms with Gasteiger partial charge < -0.3 is 4.90 Å². The van der Waals surface area contributed by atoms with Crippen molar-refractivity contribution in [2.45, 2.75) is 25.4 Å². The molecule has 1 aliphatic rings. The lowest BCUT2D eigenvalue weighted by atomic mass is 9.90. The van der Waals surface area contributed by atoms with Gasteiger partial charge in [-0.15, -0.1) is 15.3 Å². The zero-order valence-electron chi connectivity index (χ0n) is 14.0. The number of rotatable bonds is 3. The molecule has 4 rings (SSSR count). The van der Waals surface area contributed by atoms with Crippen molar-refractivity contribution in [3.8, 4) is 0 Å². The van der Waals surface area contributed by atoms with E-state index >= 15 is 0 Å². The third kappa shape index (κ3) is 3.36. The molecule has 8 heteroatoms. The molecule has 0 atom stereocenters. The summed E-state index contributed by atoms with van der Waals surface area (Å²) in [5.74, 6) is 0.0207. The summed E-state index contributed by atoms with van der Waals surface area (Å²) in [7, 11) is 0. The average molecular weight is 361 g/mol. The SMILES string of the molecule is FC(F)(F)c1nnc2ccc(N3CCC(Cc4ccccc4)CC3)nn12. The lowest BCUT2D eigenvalue weighted by Crippen LogP contribution is -2.35. The number of hydrogen-bond donors (Lipinski definition) is 0. The molecule has 0 spiro atoms. The van der Waals surface area contributed by atoms with Crippen molar-refractivity contribution in [1.29, 1.82) is 0 Å². The fourth-order valence-corrected chi connectivity index (χ4v) is 3.44. The number of halogens is 3. The predicted octanol–water partition coefficient (Wildman–Crippen LogP) is 3.60. The van der Waals surface area contributed by atoms with E-state index in [9.17, 15) is 13.2 Å². The molecule has 136 valence electrons. The first-order valence-corrected chi connectivity index (χ1v) is 8.59. The summed E-state index contributed by atoms with van der Waals surface area (Å²) < 4.78 is 39.8. The van der Waals surface area contributed by atoms with Crippen molar-refractivity contribution in [3.05, 3.63) is 53.9 Å². The Kier molecular flexibility index (Phi) is 4.26. The Morgan fingerprint density at radius 3 is 2.38 bits per heavy atom. The largest absolute Gasteiger partial charge is 0.453 e. The van der Waals surface area contributed by atoms with Crippen LogP contribution in [0.3, 0.4) is 0 Å². The van der Waals surface area contributed by atoms with Gasteiger partial charge in [-0.1, -0.05) is 30.3 Å². The van der Waals surface area contributed by atoms with Crippen LogP contribution in [-0.4, -0.2) is 32.9 Å². The normalized spacial score (nSPS) is 16.3. The van der Waals surface area contributed by atoms with E-state index in [0.717, 1.165) is 36.9 Å². The zero-order valence-corrected chi connectivity index (χ0v) is 14.0. The highest BCUT2D eigenvalue weighted by molar-refractivity contribution is 5.46. The minimum absolute atomic E-state index is 0.0973. The zero-order chi connectivity index (χ0) is 18.1. The van der Waals surface area contributed by atoms with Gasteiger partial charge in [-0.05, 0) is 42.9 Å². The number of benzene rings is 1. The highest BCUT2D eigenvalue weighted by Crippen LogP contribution is 2.29. The molecule has 0 N–H and O–H groups in total. The second-order valence-electron chi connectivity index (χ2n) is 6.60. The van der Waals surface area contributed by atoms with Crippen LogP contribution in [0.25, 0.3) is 5.65 Å². The molecule has 1 aromatic carbocycles. The standard InChI is InChI=1S/C18H18F3N5/c19-18(20,21)17-23-22-15-6-7-16(24-26(15)17)25-10-8-14(9-11-25)12-13-4-2-1-3-5-13/h1-7,14H,8-12H2. The third-order valence-electron chi connectivity index (χ3n) is 4.81. The molecule has 0 saturated carbocycles. The van der Waals surface area contributed by atoms with Gasteiger partial charge in [-0.25, -0.2) is 0 Å². The smallest absolute Gasteiger partial charge is 0.355 e. The van der Waals surface area contributed by atoms with E-state index in [4.69, 9.17) is 0 Å². The first-order chi connectivity index (χ1) is 12.5. The van der Waals surface area contributed by atoms with E-state index in [1.807, 2.05) is 23.1 Å². The number of anilines is 1. The van der Waals surface area contributed by atoms with Crippen molar-refractivity contribution >= 4 is 11.5 Å². The summed E-state index contributed by atoms with van der Waals surface area (Å²) in [4.78, 5) is 2.03. The quantitative estimate of drug-likeness (QED) is 0.715. The molecule has 3 aromatic rings. The lowest BCUT2D eigenvalue weighted by molar-refractivity contribution is -0.146. The Hall–Kier alpha value is -2.64. The van der Waals surface area contributed by atoms with Crippen LogP contribution < -0.4 is 4.90 Å². The van der Waals surface area contributed by atoms with Crippen molar-refractivity contribution in [2.75, 3.05) is 18.0 Å². The number of hydrogen-bond acceptors (Lipinski definition) is 4. The van der Waals surface area contributed by atoms with E-state index in [0.29, 0.717) is 11.7 Å². The van der Waals surface area contributed by atoms with Gasteiger partial charge in [0.25, 0.3) is 5.82 Å². The molecule has 1 aliphatic heterocycles. The molecule has 0 bridgehead atoms. The number of nitrogens with zero attached hydrogens (tertiary/aromatic N) is 5. The number of aromatic nitrogens is 4. The van der Waals surface area contributed by atoms with Crippen LogP contribution in [0.5, 0.6) is 0 Å². The van der Waals surface area contributed by atoms with Crippen LogP contribution in [0.2, 0.25) is 0 Å². The van der Waals surface area contributed by atoms with Gasteiger partial charge in [0.1, 0.15) is 5.82 Å². The second-order valence-corrected chi connectivity index (χ2v) is 6.60. The predicted molar refractivity (Wildman–Crippen MR) is 90.9 cm³/mol. The number of alkyl halides is 3. The fraction of sp³-hybridized carbons (Fsp3) is 0.389. The first kappa shape index (κ1) is 16.8. The van der Waals surface area contributed by atoms with Crippen LogP contribution >= 0.6 is 0 Å². The molecule has 0 aliphatic carbocycles. The highest BCUT2D eigenvalue weighted by Gasteiger charge is 2.37. The van der Waals surface area contributed by atoms with Gasteiger partial charge in [0.15, 0.2) is 5.65 Å². The Morgan fingerprint density at radius 1 is 0.962 bits per heavy atom. The summed E-state index contributed by atoms with van der Waals surface area (Å²) >= 11 is 0. The molecular formula is C18H18F3N5. The van der Waals surface area contributed by atoms with Crippen molar-refractivity contribution in [2.24, 2.45) is 5.92 Å². The Bertz CT molecular complexity index is 883. The highest BCUT2D eigenvalue weighted by atomic mass is 19.4. The Labute approximate surface area is 148 Å². The van der Waals surface area contributed by atoms with Crippen molar-refractivity contribution in [3.63, 3.8) is 0 Å². The van der Waals surface area contributed by atoms with Gasteiger partial charge in [0, 0.05) is 13.1 Å². The minimum Gasteiger partial charge on any atom is -0.355 e. The van der Waals surface area contributed by atoms with E-state index in [1.54, 1.807) is 6.07 Å². The van der Waals surface area contributed by atoms with E-state index in [1.165, 1.54) is 11.6 Å². The van der Waals surface area contributed by atoms with Crippen LogP contribution in [0, 0.1) is 5.92 Å². The molecule has 1 fully saturated rings. The lowest BCUT2D eigenvalue weighted by Gasteiger charge is -2.32. The molecule has 2 aromatic heterocycles. The molecule has 26 heavy (non-hydrogen) atoms. The maximum absolute atomic E-state index is 13.0. The molecule has 0 radical (unpaired) electrons. The maximum Gasteiger partial charge on any atom is 0.453 e. The van der Waals surface area contributed by atoms with Crippen LogP contribution in [0.15, 0.2) is 42.5 Å². The molecule has 0 amide bonds. The monoisotopic (exact) mass is 361 g/mol. The number of piperidine rings is 1. The minimum atomic E-state index is -4.58. The molecule has 5 nitrogen and oxygen atoms in total. The van der Waals surface area contributed by atoms with Crippen LogP contribution in [-0.2, 0) is 12.6 Å². The third-order valence-corrected chi connectivity index (χ3v) is 4.81. The summed E-state index contributed by atoms with van der Waals surface area (Å²) in [5.41, 5.74) is 1.42. The van der Waals surface area contributed by atoms with E-state index < -0.39 is 12.0 Å². The second kappa shape index (κ2) is 6.59. The molecule has 3 heterocycles. The Balaban J connectivity index is 1.47. The first-order valence-electron chi connectivity index (χ1n) is 8.59. The van der Waals surface area contributed by atoms with Gasteiger partial charge in [0.05, 0.1) is 0 Å². The van der Waals surface area contributed by atoms with Crippen LogP contribution in [0.4, 0.5) is 19.0 Å². The topological polar surface area (TPSA) is 46.3 Å². The van der Waals surface area contributed by atoms with Crippen molar-refractivity contribution < 1.29 is 13.2 Å². The summed E-state index contributed by atoms with van der Waals surface area (Å²) in [5, 5.41) is 10.9. The van der Waals surface area contributed by atoms with E-state index in [2.05, 4.69) is 27.4 Å². The van der Waals surface area contributed by atoms with Gasteiger partial charge in [-0.2, -0.15) is 17.7 Å². The molecule has 0 unspecified atom stereocenters. The fourth-order valence-electron chi connectivity index (χ4n) is 3.44. The summed E-state index contributed by atoms with van der Waals surface area (Å²) in [6.07, 6.45) is -1.57. The average Bonchev–Trinajstić information content (AvgIpc) is 3.07. The van der Waals surface area contributed by atoms with Gasteiger partial charge >= 0.3 is 6.18 Å². The van der Waals surface area contributed by atoms with Crippen LogP contribution in [0.1, 0.15) is 24.2 Å². The molecular weight excluding hydrogens is 343 g/mol. The summed E-state index contributed by atoms with van der Waals surface area (Å²) in [6.45, 7) is 1.55. The molecule has 1 saturated heterocycles. The van der Waals surface area contributed by atoms with Gasteiger partial charge in [0.2, 0.25) is 0 Å². The number of fused-ring (bicyclic) bond motifs is 1. The van der Waals surface area contributed by atoms with E-state index in [-0.39, 0.29) is 5.65 Å².